The average Bonchev–Trinajstić information content (AvgIpc) is 2.49. The van der Waals surface area contributed by atoms with Crippen LogP contribution in [0.5, 0.6) is 0 Å². The zero-order valence-electron chi connectivity index (χ0n) is 11.1. The zero-order chi connectivity index (χ0) is 14.4. The highest BCUT2D eigenvalue weighted by Gasteiger charge is 2.07. The van der Waals surface area contributed by atoms with Crippen LogP contribution < -0.4 is 0 Å². The van der Waals surface area contributed by atoms with Crippen molar-refractivity contribution >= 4 is 40.9 Å². The molecule has 0 radical (unpaired) electrons. The van der Waals surface area contributed by atoms with Crippen molar-refractivity contribution in [3.63, 3.8) is 0 Å². The monoisotopic (exact) mass is 322 g/mol. The van der Waals surface area contributed by atoms with Gasteiger partial charge >= 0.3 is 0 Å². The molecule has 0 bridgehead atoms. The summed E-state index contributed by atoms with van der Waals surface area (Å²) in [6.45, 7) is 0. The second-order valence-corrected chi connectivity index (χ2v) is 6.51. The van der Waals surface area contributed by atoms with Gasteiger partial charge in [0, 0.05) is 21.2 Å². The van der Waals surface area contributed by atoms with Gasteiger partial charge in [-0.2, -0.15) is 0 Å². The molecular formula is C16H15ClOS2. The predicted octanol–water partition coefficient (Wildman–Crippen LogP) is 5.18. The van der Waals surface area contributed by atoms with E-state index in [-0.39, 0.29) is 5.78 Å². The molecule has 0 unspecified atom stereocenters. The molecule has 0 aromatic heterocycles. The number of halogens is 1. The molecular weight excluding hydrogens is 308 g/mol. The number of thioether (sulfide) groups is 2. The summed E-state index contributed by atoms with van der Waals surface area (Å²) in [6.07, 6.45) is 2.02. The average molecular weight is 323 g/mol. The van der Waals surface area contributed by atoms with E-state index in [4.69, 9.17) is 11.6 Å². The summed E-state index contributed by atoms with van der Waals surface area (Å²) in [7, 11) is 0. The minimum Gasteiger partial charge on any atom is -0.293 e. The number of rotatable bonds is 6. The molecule has 4 heteroatoms. The second kappa shape index (κ2) is 7.77. The van der Waals surface area contributed by atoms with Gasteiger partial charge in [-0.1, -0.05) is 41.9 Å². The van der Waals surface area contributed by atoms with Crippen LogP contribution in [-0.2, 0) is 5.75 Å². The van der Waals surface area contributed by atoms with Crippen LogP contribution in [-0.4, -0.2) is 17.8 Å². The summed E-state index contributed by atoms with van der Waals surface area (Å²) in [5.41, 5.74) is 1.85. The van der Waals surface area contributed by atoms with Gasteiger partial charge in [0.2, 0.25) is 0 Å². The fourth-order valence-corrected chi connectivity index (χ4v) is 3.35. The lowest BCUT2D eigenvalue weighted by Crippen LogP contribution is -2.02. The highest BCUT2D eigenvalue weighted by Crippen LogP contribution is 2.22. The molecule has 0 N–H and O–H groups in total. The molecule has 2 aromatic carbocycles. The number of Topliss-reactive ketones (excluding diaryl/α,β-unsaturated/α-hetero) is 1. The van der Waals surface area contributed by atoms with E-state index >= 15 is 0 Å². The van der Waals surface area contributed by atoms with Gasteiger partial charge in [0.1, 0.15) is 0 Å². The lowest BCUT2D eigenvalue weighted by molar-refractivity contribution is 0.102. The van der Waals surface area contributed by atoms with E-state index in [1.54, 1.807) is 23.5 Å². The molecule has 0 aliphatic carbocycles. The third kappa shape index (κ3) is 4.30. The van der Waals surface area contributed by atoms with Crippen LogP contribution in [0.3, 0.4) is 0 Å². The topological polar surface area (TPSA) is 17.1 Å². The summed E-state index contributed by atoms with van der Waals surface area (Å²) in [6, 6.07) is 15.5. The third-order valence-electron chi connectivity index (χ3n) is 2.86. The molecule has 0 saturated heterocycles. The molecule has 0 amide bonds. The van der Waals surface area contributed by atoms with Gasteiger partial charge in [-0.05, 0) is 30.0 Å². The van der Waals surface area contributed by atoms with Gasteiger partial charge in [0.05, 0.1) is 5.75 Å². The normalized spacial score (nSPS) is 10.5. The summed E-state index contributed by atoms with van der Waals surface area (Å²) in [5, 5.41) is 0.761. The molecule has 0 fully saturated rings. The van der Waals surface area contributed by atoms with Gasteiger partial charge in [-0.15, -0.1) is 23.5 Å². The van der Waals surface area contributed by atoms with E-state index in [1.807, 2.05) is 54.8 Å². The van der Waals surface area contributed by atoms with Crippen LogP contribution >= 0.6 is 35.1 Å². The van der Waals surface area contributed by atoms with Crippen molar-refractivity contribution in [2.24, 2.45) is 0 Å². The maximum atomic E-state index is 12.1. The van der Waals surface area contributed by atoms with Crippen molar-refractivity contribution in [2.45, 2.75) is 10.6 Å². The maximum absolute atomic E-state index is 12.1. The van der Waals surface area contributed by atoms with E-state index in [9.17, 15) is 4.79 Å². The van der Waals surface area contributed by atoms with Crippen LogP contribution in [0, 0.1) is 0 Å². The summed E-state index contributed by atoms with van der Waals surface area (Å²) in [4.78, 5) is 13.2. The maximum Gasteiger partial charge on any atom is 0.172 e. The summed E-state index contributed by atoms with van der Waals surface area (Å²) < 4.78 is 0. The zero-order valence-corrected chi connectivity index (χ0v) is 13.5. The highest BCUT2D eigenvalue weighted by molar-refractivity contribution is 7.99. The quantitative estimate of drug-likeness (QED) is 0.539. The van der Waals surface area contributed by atoms with Crippen molar-refractivity contribution in [2.75, 3.05) is 12.0 Å². The van der Waals surface area contributed by atoms with Crippen molar-refractivity contribution in [1.82, 2.24) is 0 Å². The van der Waals surface area contributed by atoms with E-state index in [0.717, 1.165) is 21.9 Å². The van der Waals surface area contributed by atoms with Crippen molar-refractivity contribution in [3.05, 3.63) is 64.7 Å². The molecule has 0 aliphatic heterocycles. The highest BCUT2D eigenvalue weighted by atomic mass is 35.5. The Labute approximate surface area is 133 Å². The Bertz CT molecular complexity index is 581. The Hall–Kier alpha value is -0.900. The molecule has 104 valence electrons. The van der Waals surface area contributed by atoms with E-state index < -0.39 is 0 Å². The third-order valence-corrected chi connectivity index (χ3v) is 4.95. The van der Waals surface area contributed by atoms with Crippen LogP contribution in [0.25, 0.3) is 0 Å². The number of benzene rings is 2. The molecule has 2 aromatic rings. The van der Waals surface area contributed by atoms with Gasteiger partial charge in [-0.25, -0.2) is 0 Å². The predicted molar refractivity (Wildman–Crippen MR) is 90.2 cm³/mol. The molecule has 2 rings (SSSR count). The molecule has 20 heavy (non-hydrogen) atoms. The summed E-state index contributed by atoms with van der Waals surface area (Å²) >= 11 is 9.36. The number of carbonyl (C=O) groups excluding carboxylic acids is 1. The molecule has 1 nitrogen and oxygen atoms in total. The molecule has 0 spiro atoms. The molecule has 0 saturated carbocycles. The Morgan fingerprint density at radius 1 is 1.10 bits per heavy atom. The van der Waals surface area contributed by atoms with Gasteiger partial charge in [0.15, 0.2) is 5.78 Å². The fourth-order valence-electron chi connectivity index (χ4n) is 1.73. The molecule has 0 aliphatic rings. The lowest BCUT2D eigenvalue weighted by Gasteiger charge is -2.04. The van der Waals surface area contributed by atoms with Crippen LogP contribution in [0.4, 0.5) is 0 Å². The lowest BCUT2D eigenvalue weighted by atomic mass is 10.1. The number of hydrogen-bond acceptors (Lipinski definition) is 3. The molecule has 0 heterocycles. The fraction of sp³-hybridized carbons (Fsp3) is 0.188. The van der Waals surface area contributed by atoms with E-state index in [2.05, 4.69) is 0 Å². The van der Waals surface area contributed by atoms with Crippen LogP contribution in [0.1, 0.15) is 15.9 Å². The Balaban J connectivity index is 1.87. The number of ketones is 1. The van der Waals surface area contributed by atoms with Gasteiger partial charge in [0.25, 0.3) is 0 Å². The van der Waals surface area contributed by atoms with Crippen LogP contribution in [0.2, 0.25) is 5.02 Å². The first kappa shape index (κ1) is 15.5. The van der Waals surface area contributed by atoms with Crippen molar-refractivity contribution in [1.29, 1.82) is 0 Å². The van der Waals surface area contributed by atoms with Gasteiger partial charge < -0.3 is 0 Å². The minimum atomic E-state index is 0.162. The first-order chi connectivity index (χ1) is 9.70. The molecule has 0 atom stereocenters. The number of hydrogen-bond donors (Lipinski definition) is 0. The van der Waals surface area contributed by atoms with E-state index in [0.29, 0.717) is 5.75 Å². The number of carbonyl (C=O) groups is 1. The van der Waals surface area contributed by atoms with Crippen molar-refractivity contribution in [3.8, 4) is 0 Å². The van der Waals surface area contributed by atoms with E-state index in [1.165, 1.54) is 4.90 Å². The Morgan fingerprint density at radius 2 is 1.80 bits per heavy atom. The summed E-state index contributed by atoms with van der Waals surface area (Å²) in [5.74, 6) is 1.40. The standard InChI is InChI=1S/C16H15ClOS2/c1-19-14-8-6-12(7-9-14)16(18)11-20-10-13-4-2-3-5-15(13)17/h2-9H,10-11H2,1H3. The first-order valence-corrected chi connectivity index (χ1v) is 8.95. The largest absolute Gasteiger partial charge is 0.293 e. The Morgan fingerprint density at radius 3 is 2.45 bits per heavy atom. The first-order valence-electron chi connectivity index (χ1n) is 6.19. The SMILES string of the molecule is CSc1ccc(C(=O)CSCc2ccccc2Cl)cc1. The second-order valence-electron chi connectivity index (χ2n) is 4.24. The Kier molecular flexibility index (Phi) is 6.02. The van der Waals surface area contributed by atoms with Crippen LogP contribution in [0.15, 0.2) is 53.4 Å². The minimum absolute atomic E-state index is 0.162. The van der Waals surface area contributed by atoms with Crippen molar-refractivity contribution < 1.29 is 4.79 Å². The van der Waals surface area contributed by atoms with Gasteiger partial charge in [-0.3, -0.25) is 4.79 Å². The smallest absolute Gasteiger partial charge is 0.172 e.